The number of nitrogens with zero attached hydrogens (tertiary/aromatic N) is 3. The number of rotatable bonds is 9. The lowest BCUT2D eigenvalue weighted by molar-refractivity contribution is 0.316. The van der Waals surface area contributed by atoms with Crippen LogP contribution in [0.15, 0.2) is 90.1 Å². The number of hydrogen-bond acceptors (Lipinski definition) is 3. The van der Waals surface area contributed by atoms with E-state index < -0.39 is 0 Å². The molecule has 0 radical (unpaired) electrons. The number of halogens is 1. The largest absolute Gasteiger partial charge is 0.493 e. The first-order chi connectivity index (χ1) is 18.0. The van der Waals surface area contributed by atoms with Gasteiger partial charge in [0, 0.05) is 53.9 Å². The van der Waals surface area contributed by atoms with Crippen molar-refractivity contribution >= 4 is 22.5 Å². The summed E-state index contributed by atoms with van der Waals surface area (Å²) in [7, 11) is 1.83. The number of aryl methyl sites for hydroxylation is 2. The van der Waals surface area contributed by atoms with Gasteiger partial charge in [-0.05, 0) is 47.4 Å². The zero-order valence-corrected chi connectivity index (χ0v) is 21.9. The molecule has 0 bridgehead atoms. The van der Waals surface area contributed by atoms with Crippen LogP contribution in [0.2, 0.25) is 5.02 Å². The van der Waals surface area contributed by atoms with Gasteiger partial charge >= 0.3 is 0 Å². The van der Waals surface area contributed by atoms with Gasteiger partial charge in [-0.2, -0.15) is 0 Å². The van der Waals surface area contributed by atoms with E-state index in [0.717, 1.165) is 64.8 Å². The van der Waals surface area contributed by atoms with Crippen molar-refractivity contribution in [1.29, 1.82) is 0 Å². The fraction of sp³-hybridized carbons (Fsp3) is 0.226. The van der Waals surface area contributed by atoms with Crippen LogP contribution in [0.3, 0.4) is 0 Å². The van der Waals surface area contributed by atoms with Crippen LogP contribution < -0.4 is 10.3 Å². The van der Waals surface area contributed by atoms with Gasteiger partial charge in [0.2, 0.25) is 0 Å². The Labute approximate surface area is 221 Å². The average molecular weight is 512 g/mol. The summed E-state index contributed by atoms with van der Waals surface area (Å²) < 4.78 is 10.3. The highest BCUT2D eigenvalue weighted by atomic mass is 35.5. The SMILES string of the molecule is CCCc1c(OCCc2cncn2Cc2ccccc2)ccc2c(-c3cccc(Cl)c3)cc(=O)n(C)c12. The third-order valence-corrected chi connectivity index (χ3v) is 6.94. The normalized spacial score (nSPS) is 11.2. The van der Waals surface area contributed by atoms with E-state index in [1.165, 1.54) is 5.56 Å². The van der Waals surface area contributed by atoms with Gasteiger partial charge < -0.3 is 13.9 Å². The van der Waals surface area contributed by atoms with E-state index in [1.807, 2.05) is 56.0 Å². The molecule has 5 nitrogen and oxygen atoms in total. The molecule has 0 aliphatic heterocycles. The predicted octanol–water partition coefficient (Wildman–Crippen LogP) is 6.68. The molecule has 3 aromatic carbocycles. The van der Waals surface area contributed by atoms with Gasteiger partial charge in [-0.25, -0.2) is 4.98 Å². The Balaban J connectivity index is 1.45. The average Bonchev–Trinajstić information content (AvgIpc) is 3.34. The lowest BCUT2D eigenvalue weighted by Gasteiger charge is -2.18. The molecule has 0 unspecified atom stereocenters. The van der Waals surface area contributed by atoms with E-state index in [2.05, 4.69) is 46.8 Å². The van der Waals surface area contributed by atoms with Gasteiger partial charge in [0.1, 0.15) is 5.75 Å². The molecule has 37 heavy (non-hydrogen) atoms. The molecular formula is C31H30ClN3O2. The molecular weight excluding hydrogens is 482 g/mol. The van der Waals surface area contributed by atoms with E-state index in [-0.39, 0.29) is 5.56 Å². The monoisotopic (exact) mass is 511 g/mol. The Kier molecular flexibility index (Phi) is 7.42. The second-order valence-corrected chi connectivity index (χ2v) is 9.69. The summed E-state index contributed by atoms with van der Waals surface area (Å²) in [6.45, 7) is 3.44. The number of hydrogen-bond donors (Lipinski definition) is 0. The molecule has 0 saturated heterocycles. The molecule has 0 aliphatic rings. The lowest BCUT2D eigenvalue weighted by Crippen LogP contribution is -2.18. The van der Waals surface area contributed by atoms with E-state index >= 15 is 0 Å². The third kappa shape index (κ3) is 5.32. The second-order valence-electron chi connectivity index (χ2n) is 9.25. The molecule has 5 rings (SSSR count). The molecule has 0 amide bonds. The van der Waals surface area contributed by atoms with Crippen LogP contribution in [-0.4, -0.2) is 20.7 Å². The van der Waals surface area contributed by atoms with Gasteiger partial charge in [-0.15, -0.1) is 0 Å². The molecule has 0 aliphatic carbocycles. The number of aromatic nitrogens is 3. The Morgan fingerprint density at radius 1 is 0.973 bits per heavy atom. The van der Waals surface area contributed by atoms with Crippen LogP contribution in [0.5, 0.6) is 5.75 Å². The second kappa shape index (κ2) is 11.1. The van der Waals surface area contributed by atoms with E-state index in [0.29, 0.717) is 11.6 Å². The minimum atomic E-state index is -0.0539. The third-order valence-electron chi connectivity index (χ3n) is 6.71. The number of ether oxygens (including phenoxy) is 1. The van der Waals surface area contributed by atoms with Crippen molar-refractivity contribution in [2.24, 2.45) is 7.05 Å². The Morgan fingerprint density at radius 2 is 1.81 bits per heavy atom. The topological polar surface area (TPSA) is 49.1 Å². The first kappa shape index (κ1) is 24.8. The molecule has 6 heteroatoms. The molecule has 188 valence electrons. The maximum atomic E-state index is 13.0. The van der Waals surface area contributed by atoms with Crippen molar-refractivity contribution in [1.82, 2.24) is 14.1 Å². The zero-order chi connectivity index (χ0) is 25.8. The highest BCUT2D eigenvalue weighted by Gasteiger charge is 2.16. The summed E-state index contributed by atoms with van der Waals surface area (Å²) >= 11 is 6.27. The van der Waals surface area contributed by atoms with Gasteiger partial charge in [0.25, 0.3) is 5.56 Å². The lowest BCUT2D eigenvalue weighted by atomic mass is 9.96. The number of benzene rings is 3. The predicted molar refractivity (Wildman–Crippen MR) is 151 cm³/mol. The summed E-state index contributed by atoms with van der Waals surface area (Å²) in [6.07, 6.45) is 6.26. The van der Waals surface area contributed by atoms with Gasteiger partial charge in [-0.1, -0.05) is 67.4 Å². The Hall–Kier alpha value is -3.83. The minimum absolute atomic E-state index is 0.0539. The maximum Gasteiger partial charge on any atom is 0.251 e. The molecule has 0 saturated carbocycles. The van der Waals surface area contributed by atoms with Crippen LogP contribution in [0.1, 0.15) is 30.2 Å². The molecule has 5 aromatic rings. The number of pyridine rings is 1. The van der Waals surface area contributed by atoms with Crippen molar-refractivity contribution in [3.63, 3.8) is 0 Å². The number of imidazole rings is 1. The summed E-state index contributed by atoms with van der Waals surface area (Å²) in [4.78, 5) is 17.4. The van der Waals surface area contributed by atoms with E-state index in [4.69, 9.17) is 16.3 Å². The van der Waals surface area contributed by atoms with Crippen molar-refractivity contribution in [2.45, 2.75) is 32.7 Å². The Bertz CT molecular complexity index is 1590. The number of fused-ring (bicyclic) bond motifs is 1. The van der Waals surface area contributed by atoms with E-state index in [9.17, 15) is 4.79 Å². The van der Waals surface area contributed by atoms with Crippen molar-refractivity contribution in [3.05, 3.63) is 118 Å². The van der Waals surface area contributed by atoms with Crippen LogP contribution >= 0.6 is 11.6 Å². The standard InChI is InChI=1S/C31H30ClN3O2/c1-3-8-27-29(37-16-15-25-19-33-21-35(25)20-22-9-5-4-6-10-22)14-13-26-28(18-30(36)34(2)31(26)27)23-11-7-12-24(32)17-23/h4-7,9-14,17-19,21H,3,8,15-16,20H2,1-2H3. The first-order valence-corrected chi connectivity index (χ1v) is 13.0. The summed E-state index contributed by atoms with van der Waals surface area (Å²) in [5.41, 5.74) is 6.09. The first-order valence-electron chi connectivity index (χ1n) is 12.6. The van der Waals surface area contributed by atoms with Crippen molar-refractivity contribution in [2.75, 3.05) is 6.61 Å². The molecule has 0 fully saturated rings. The highest BCUT2D eigenvalue weighted by Crippen LogP contribution is 2.35. The van der Waals surface area contributed by atoms with Gasteiger partial charge in [0.15, 0.2) is 0 Å². The maximum absolute atomic E-state index is 13.0. The van der Waals surface area contributed by atoms with E-state index in [1.54, 1.807) is 10.6 Å². The summed E-state index contributed by atoms with van der Waals surface area (Å²) in [6, 6.07) is 23.8. The van der Waals surface area contributed by atoms with Gasteiger partial charge in [0.05, 0.1) is 18.5 Å². The fourth-order valence-electron chi connectivity index (χ4n) is 4.89. The molecule has 2 aromatic heterocycles. The molecule has 2 heterocycles. The summed E-state index contributed by atoms with van der Waals surface area (Å²) in [5.74, 6) is 0.821. The van der Waals surface area contributed by atoms with Crippen LogP contribution in [0.25, 0.3) is 22.0 Å². The Morgan fingerprint density at radius 3 is 2.59 bits per heavy atom. The van der Waals surface area contributed by atoms with Crippen molar-refractivity contribution in [3.8, 4) is 16.9 Å². The van der Waals surface area contributed by atoms with Crippen molar-refractivity contribution < 1.29 is 4.74 Å². The minimum Gasteiger partial charge on any atom is -0.493 e. The van der Waals surface area contributed by atoms with Crippen LogP contribution in [0.4, 0.5) is 0 Å². The van der Waals surface area contributed by atoms with Crippen LogP contribution in [0, 0.1) is 0 Å². The summed E-state index contributed by atoms with van der Waals surface area (Å²) in [5, 5.41) is 1.66. The molecule has 0 atom stereocenters. The quantitative estimate of drug-likeness (QED) is 0.222. The molecule has 0 N–H and O–H groups in total. The molecule has 0 spiro atoms. The highest BCUT2D eigenvalue weighted by molar-refractivity contribution is 6.30. The smallest absolute Gasteiger partial charge is 0.251 e. The van der Waals surface area contributed by atoms with Crippen LogP contribution in [-0.2, 0) is 26.4 Å². The van der Waals surface area contributed by atoms with Gasteiger partial charge in [-0.3, -0.25) is 4.79 Å². The zero-order valence-electron chi connectivity index (χ0n) is 21.2. The fourth-order valence-corrected chi connectivity index (χ4v) is 5.08.